The number of hydrogen-bond donors (Lipinski definition) is 2. The van der Waals surface area contributed by atoms with E-state index in [1.165, 1.54) is 0 Å². The van der Waals surface area contributed by atoms with Crippen molar-refractivity contribution in [1.29, 1.82) is 0 Å². The first-order chi connectivity index (χ1) is 14.2. The van der Waals surface area contributed by atoms with Crippen molar-refractivity contribution in [2.45, 2.75) is 26.9 Å². The molecule has 0 spiro atoms. The Morgan fingerprint density at radius 3 is 2.50 bits per heavy atom. The van der Waals surface area contributed by atoms with Gasteiger partial charge in [0.25, 0.3) is 0 Å². The van der Waals surface area contributed by atoms with Gasteiger partial charge in [0.1, 0.15) is 5.82 Å². The molecule has 1 saturated heterocycles. The maximum atomic E-state index is 6.06. The number of halogens is 2. The standard InChI is InChI=1S/C22H31ClN6.HI/c1-3-24-22(26-15-18-6-5-7-20(23)14-18)27-17-19-8-9-21(25-16-19)29-12-10-28(4-2)11-13-29;/h5-9,14,16H,3-4,10-13,15,17H2,1-2H3,(H2,24,26,27);1H. The van der Waals surface area contributed by atoms with E-state index in [4.69, 9.17) is 11.6 Å². The Hall–Kier alpha value is -1.58. The number of nitrogens with one attached hydrogen (secondary N) is 2. The molecule has 1 aromatic carbocycles. The molecule has 0 saturated carbocycles. The van der Waals surface area contributed by atoms with Gasteiger partial charge in [-0.05, 0) is 42.8 Å². The number of nitrogens with zero attached hydrogens (tertiary/aromatic N) is 4. The predicted molar refractivity (Wildman–Crippen MR) is 137 cm³/mol. The number of aliphatic imine (C=N–C) groups is 1. The lowest BCUT2D eigenvalue weighted by atomic mass is 10.2. The number of likely N-dealkylation sites (N-methyl/N-ethyl adjacent to an activating group) is 1. The normalized spacial score (nSPS) is 14.9. The SMILES string of the molecule is CCNC(=NCc1ccc(N2CCN(CC)CC2)nc1)NCc1cccc(Cl)c1.I. The van der Waals surface area contributed by atoms with Crippen molar-refractivity contribution in [3.8, 4) is 0 Å². The number of hydrogen-bond acceptors (Lipinski definition) is 4. The highest BCUT2D eigenvalue weighted by atomic mass is 127. The summed E-state index contributed by atoms with van der Waals surface area (Å²) < 4.78 is 0. The fourth-order valence-electron chi connectivity index (χ4n) is 3.34. The number of benzene rings is 1. The van der Waals surface area contributed by atoms with Crippen LogP contribution < -0.4 is 15.5 Å². The van der Waals surface area contributed by atoms with Crippen LogP contribution in [0.25, 0.3) is 0 Å². The Morgan fingerprint density at radius 2 is 1.87 bits per heavy atom. The van der Waals surface area contributed by atoms with E-state index in [9.17, 15) is 0 Å². The number of anilines is 1. The molecule has 1 fully saturated rings. The highest BCUT2D eigenvalue weighted by molar-refractivity contribution is 14.0. The molecule has 1 aromatic heterocycles. The van der Waals surface area contributed by atoms with Crippen LogP contribution in [0, 0.1) is 0 Å². The van der Waals surface area contributed by atoms with Crippen LogP contribution in [0.3, 0.4) is 0 Å². The summed E-state index contributed by atoms with van der Waals surface area (Å²) >= 11 is 6.06. The highest BCUT2D eigenvalue weighted by Gasteiger charge is 2.16. The summed E-state index contributed by atoms with van der Waals surface area (Å²) in [5, 5.41) is 7.38. The van der Waals surface area contributed by atoms with Crippen LogP contribution in [0.2, 0.25) is 5.02 Å². The second-order valence-electron chi connectivity index (χ2n) is 7.12. The number of aromatic nitrogens is 1. The Morgan fingerprint density at radius 1 is 1.07 bits per heavy atom. The molecule has 1 aliphatic heterocycles. The molecule has 0 bridgehead atoms. The summed E-state index contributed by atoms with van der Waals surface area (Å²) in [6.07, 6.45) is 1.94. The van der Waals surface area contributed by atoms with E-state index in [-0.39, 0.29) is 24.0 Å². The lowest BCUT2D eigenvalue weighted by Crippen LogP contribution is -2.46. The molecule has 0 amide bonds. The van der Waals surface area contributed by atoms with E-state index in [1.807, 2.05) is 30.5 Å². The molecule has 2 aromatic rings. The molecule has 0 radical (unpaired) electrons. The zero-order valence-corrected chi connectivity index (χ0v) is 20.9. The average Bonchev–Trinajstić information content (AvgIpc) is 2.76. The number of guanidine groups is 1. The van der Waals surface area contributed by atoms with Crippen molar-refractivity contribution in [3.63, 3.8) is 0 Å². The smallest absolute Gasteiger partial charge is 0.191 e. The van der Waals surface area contributed by atoms with Crippen LogP contribution in [0.1, 0.15) is 25.0 Å². The lowest BCUT2D eigenvalue weighted by Gasteiger charge is -2.34. The summed E-state index contributed by atoms with van der Waals surface area (Å²) in [6.45, 7) is 11.8. The van der Waals surface area contributed by atoms with E-state index >= 15 is 0 Å². The lowest BCUT2D eigenvalue weighted by molar-refractivity contribution is 0.270. The molecule has 1 aliphatic rings. The van der Waals surface area contributed by atoms with Gasteiger partial charge < -0.3 is 20.4 Å². The predicted octanol–water partition coefficient (Wildman–Crippen LogP) is 3.75. The first-order valence-corrected chi connectivity index (χ1v) is 10.7. The zero-order valence-electron chi connectivity index (χ0n) is 17.8. The third kappa shape index (κ3) is 7.59. The van der Waals surface area contributed by atoms with Gasteiger partial charge in [0, 0.05) is 50.5 Å². The number of rotatable bonds is 7. The molecule has 0 atom stereocenters. The molecule has 6 nitrogen and oxygen atoms in total. The fraction of sp³-hybridized carbons (Fsp3) is 0.455. The summed E-state index contributed by atoms with van der Waals surface area (Å²) in [7, 11) is 0. The van der Waals surface area contributed by atoms with Crippen LogP contribution in [-0.2, 0) is 13.1 Å². The summed E-state index contributed by atoms with van der Waals surface area (Å²) in [5.74, 6) is 1.84. The molecule has 164 valence electrons. The second-order valence-corrected chi connectivity index (χ2v) is 7.56. The van der Waals surface area contributed by atoms with Gasteiger partial charge in [0.15, 0.2) is 5.96 Å². The van der Waals surface area contributed by atoms with Gasteiger partial charge in [-0.2, -0.15) is 0 Å². The van der Waals surface area contributed by atoms with Gasteiger partial charge in [-0.3, -0.25) is 0 Å². The summed E-state index contributed by atoms with van der Waals surface area (Å²) in [5.41, 5.74) is 2.22. The van der Waals surface area contributed by atoms with Crippen molar-refractivity contribution >= 4 is 47.4 Å². The molecule has 30 heavy (non-hydrogen) atoms. The Kier molecular flexibility index (Phi) is 10.7. The third-order valence-corrected chi connectivity index (χ3v) is 5.30. The van der Waals surface area contributed by atoms with Crippen LogP contribution in [-0.4, -0.2) is 55.1 Å². The maximum absolute atomic E-state index is 6.06. The highest BCUT2D eigenvalue weighted by Crippen LogP contribution is 2.14. The van der Waals surface area contributed by atoms with Gasteiger partial charge in [0.05, 0.1) is 6.54 Å². The van der Waals surface area contributed by atoms with Gasteiger partial charge in [-0.1, -0.05) is 36.7 Å². The zero-order chi connectivity index (χ0) is 20.5. The second kappa shape index (κ2) is 13.0. The van der Waals surface area contributed by atoms with Crippen molar-refractivity contribution < 1.29 is 0 Å². The topological polar surface area (TPSA) is 55.8 Å². The average molecular weight is 543 g/mol. The van der Waals surface area contributed by atoms with Crippen molar-refractivity contribution in [1.82, 2.24) is 20.5 Å². The molecule has 0 unspecified atom stereocenters. The van der Waals surface area contributed by atoms with Gasteiger partial charge >= 0.3 is 0 Å². The molecule has 2 N–H and O–H groups in total. The number of pyridine rings is 1. The summed E-state index contributed by atoms with van der Waals surface area (Å²) in [4.78, 5) is 14.2. The molecule has 3 rings (SSSR count). The number of piperazine rings is 1. The minimum absolute atomic E-state index is 0. The molecular formula is C22H32ClIN6. The third-order valence-electron chi connectivity index (χ3n) is 5.07. The van der Waals surface area contributed by atoms with Crippen LogP contribution in [0.4, 0.5) is 5.82 Å². The molecule has 2 heterocycles. The maximum Gasteiger partial charge on any atom is 0.191 e. The van der Waals surface area contributed by atoms with Crippen molar-refractivity contribution in [3.05, 3.63) is 58.7 Å². The first kappa shape index (κ1) is 24.7. The van der Waals surface area contributed by atoms with E-state index in [0.717, 1.165) is 67.2 Å². The largest absolute Gasteiger partial charge is 0.357 e. The monoisotopic (exact) mass is 542 g/mol. The summed E-state index contributed by atoms with van der Waals surface area (Å²) in [6, 6.07) is 12.1. The first-order valence-electron chi connectivity index (χ1n) is 10.4. The molecule has 8 heteroatoms. The van der Waals surface area contributed by atoms with E-state index in [2.05, 4.69) is 56.4 Å². The Labute approximate surface area is 202 Å². The van der Waals surface area contributed by atoms with E-state index in [0.29, 0.717) is 13.1 Å². The van der Waals surface area contributed by atoms with Crippen LogP contribution >= 0.6 is 35.6 Å². The van der Waals surface area contributed by atoms with Gasteiger partial charge in [0.2, 0.25) is 0 Å². The minimum atomic E-state index is 0. The van der Waals surface area contributed by atoms with Crippen molar-refractivity contribution in [2.24, 2.45) is 4.99 Å². The quantitative estimate of drug-likeness (QED) is 0.317. The molecular weight excluding hydrogens is 511 g/mol. The van der Waals surface area contributed by atoms with E-state index in [1.54, 1.807) is 0 Å². The molecule has 0 aliphatic carbocycles. The Balaban J connectivity index is 0.00000320. The van der Waals surface area contributed by atoms with Crippen molar-refractivity contribution in [2.75, 3.05) is 44.2 Å². The fourth-order valence-corrected chi connectivity index (χ4v) is 3.55. The van der Waals surface area contributed by atoms with Crippen LogP contribution in [0.15, 0.2) is 47.6 Å². The Bertz CT molecular complexity index is 790. The van der Waals surface area contributed by atoms with E-state index < -0.39 is 0 Å². The minimum Gasteiger partial charge on any atom is -0.357 e. The van der Waals surface area contributed by atoms with Crippen LogP contribution in [0.5, 0.6) is 0 Å². The van der Waals surface area contributed by atoms with Gasteiger partial charge in [-0.25, -0.2) is 9.98 Å². The van der Waals surface area contributed by atoms with Gasteiger partial charge in [-0.15, -0.1) is 24.0 Å².